The molecule has 1 N–H and O–H groups in total. The van der Waals surface area contributed by atoms with Crippen molar-refractivity contribution >= 4 is 22.8 Å². The number of rotatable bonds is 4. The molecular formula is C20H18N4OS. The monoisotopic (exact) mass is 362 g/mol. The van der Waals surface area contributed by atoms with Crippen molar-refractivity contribution in [1.82, 2.24) is 19.7 Å². The van der Waals surface area contributed by atoms with E-state index >= 15 is 0 Å². The molecule has 4 aromatic rings. The van der Waals surface area contributed by atoms with Gasteiger partial charge < -0.3 is 0 Å². The van der Waals surface area contributed by atoms with Gasteiger partial charge in [-0.25, -0.2) is 4.98 Å². The molecule has 0 aliphatic rings. The Labute approximate surface area is 155 Å². The van der Waals surface area contributed by atoms with Crippen molar-refractivity contribution in [1.29, 1.82) is 0 Å². The van der Waals surface area contributed by atoms with Gasteiger partial charge in [0.15, 0.2) is 10.8 Å². The first-order chi connectivity index (χ1) is 12.6. The fourth-order valence-corrected chi connectivity index (χ4v) is 3.99. The van der Waals surface area contributed by atoms with Crippen LogP contribution in [0.1, 0.15) is 16.7 Å². The fourth-order valence-electron chi connectivity index (χ4n) is 2.91. The topological polar surface area (TPSA) is 63.6 Å². The van der Waals surface area contributed by atoms with E-state index in [0.717, 1.165) is 17.0 Å². The van der Waals surface area contributed by atoms with Crippen molar-refractivity contribution in [3.8, 4) is 5.69 Å². The maximum Gasteiger partial charge on any atom is 0.269 e. The number of nitrogens with one attached hydrogen (secondary N) is 1. The van der Waals surface area contributed by atoms with Gasteiger partial charge in [-0.1, -0.05) is 54.2 Å². The number of nitrogens with zero attached hydrogens (tertiary/aromatic N) is 3. The van der Waals surface area contributed by atoms with Gasteiger partial charge in [0.25, 0.3) is 5.56 Å². The molecule has 0 unspecified atom stereocenters. The van der Waals surface area contributed by atoms with Crippen LogP contribution < -0.4 is 5.56 Å². The molecule has 4 rings (SSSR count). The molecule has 0 atom stereocenters. The summed E-state index contributed by atoms with van der Waals surface area (Å²) in [7, 11) is 0. The molecule has 0 spiro atoms. The number of aryl methyl sites for hydroxylation is 2. The zero-order valence-electron chi connectivity index (χ0n) is 14.6. The highest BCUT2D eigenvalue weighted by atomic mass is 32.2. The van der Waals surface area contributed by atoms with E-state index in [1.54, 1.807) is 16.3 Å². The predicted molar refractivity (Wildman–Crippen MR) is 105 cm³/mol. The zero-order valence-corrected chi connectivity index (χ0v) is 15.4. The van der Waals surface area contributed by atoms with E-state index in [4.69, 9.17) is 0 Å². The van der Waals surface area contributed by atoms with Crippen LogP contribution >= 0.6 is 11.8 Å². The molecule has 2 aromatic heterocycles. The van der Waals surface area contributed by atoms with E-state index in [1.807, 2.05) is 43.3 Å². The highest BCUT2D eigenvalue weighted by Crippen LogP contribution is 2.26. The number of fused-ring (bicyclic) bond motifs is 1. The molecule has 130 valence electrons. The molecule has 0 bridgehead atoms. The summed E-state index contributed by atoms with van der Waals surface area (Å²) in [5.74, 6) is 0.741. The summed E-state index contributed by atoms with van der Waals surface area (Å²) in [4.78, 5) is 17.8. The van der Waals surface area contributed by atoms with Crippen LogP contribution in [0.2, 0.25) is 0 Å². The second kappa shape index (κ2) is 6.80. The van der Waals surface area contributed by atoms with Gasteiger partial charge in [0.1, 0.15) is 5.39 Å². The summed E-state index contributed by atoms with van der Waals surface area (Å²) in [5.41, 5.74) is 4.75. The molecule has 0 saturated heterocycles. The largest absolute Gasteiger partial charge is 0.269 e. The molecule has 2 heterocycles. The first kappa shape index (κ1) is 16.6. The highest BCUT2D eigenvalue weighted by Gasteiger charge is 2.16. The number of benzene rings is 2. The lowest BCUT2D eigenvalue weighted by atomic mass is 10.1. The summed E-state index contributed by atoms with van der Waals surface area (Å²) in [6.45, 7) is 4.09. The molecule has 2 aromatic carbocycles. The molecule has 6 heteroatoms. The van der Waals surface area contributed by atoms with Gasteiger partial charge >= 0.3 is 0 Å². The van der Waals surface area contributed by atoms with Crippen molar-refractivity contribution < 1.29 is 0 Å². The second-order valence-corrected chi connectivity index (χ2v) is 7.11. The lowest BCUT2D eigenvalue weighted by Crippen LogP contribution is -2.22. The standard InChI is InChI=1S/C20H18N4OS/c1-13-7-3-5-9-15(13)12-26-20-22-18-16(11-21-23-18)19(25)24(20)17-10-6-4-8-14(17)2/h3-11H,12H2,1-2H3,(H,21,23). The van der Waals surface area contributed by atoms with Crippen molar-refractivity contribution in [3.05, 3.63) is 81.8 Å². The lowest BCUT2D eigenvalue weighted by molar-refractivity contribution is 0.810. The minimum atomic E-state index is -0.106. The summed E-state index contributed by atoms with van der Waals surface area (Å²) in [6, 6.07) is 16.1. The average molecular weight is 362 g/mol. The summed E-state index contributed by atoms with van der Waals surface area (Å²) < 4.78 is 1.69. The molecule has 0 aliphatic carbocycles. The molecular weight excluding hydrogens is 344 g/mol. The second-order valence-electron chi connectivity index (χ2n) is 6.17. The van der Waals surface area contributed by atoms with Gasteiger partial charge in [-0.05, 0) is 36.6 Å². The minimum Gasteiger partial charge on any atom is -0.268 e. The van der Waals surface area contributed by atoms with Crippen LogP contribution in [0, 0.1) is 13.8 Å². The Morgan fingerprint density at radius 2 is 1.77 bits per heavy atom. The van der Waals surface area contributed by atoms with E-state index in [-0.39, 0.29) is 5.56 Å². The third kappa shape index (κ3) is 2.93. The van der Waals surface area contributed by atoms with Gasteiger partial charge in [-0.15, -0.1) is 0 Å². The van der Waals surface area contributed by atoms with Gasteiger partial charge in [0.05, 0.1) is 11.9 Å². The van der Waals surface area contributed by atoms with Crippen LogP contribution in [-0.4, -0.2) is 19.7 Å². The molecule has 0 radical (unpaired) electrons. The van der Waals surface area contributed by atoms with Crippen molar-refractivity contribution in [3.63, 3.8) is 0 Å². The minimum absolute atomic E-state index is 0.106. The van der Waals surface area contributed by atoms with Crippen LogP contribution in [0.25, 0.3) is 16.7 Å². The van der Waals surface area contributed by atoms with Gasteiger partial charge in [-0.3, -0.25) is 14.5 Å². The molecule has 0 saturated carbocycles. The summed E-state index contributed by atoms with van der Waals surface area (Å²) >= 11 is 1.55. The molecule has 0 amide bonds. The smallest absolute Gasteiger partial charge is 0.268 e. The highest BCUT2D eigenvalue weighted by molar-refractivity contribution is 7.98. The first-order valence-corrected chi connectivity index (χ1v) is 9.33. The predicted octanol–water partition coefficient (Wildman–Crippen LogP) is 4.02. The normalized spacial score (nSPS) is 11.2. The molecule has 0 fully saturated rings. The number of para-hydroxylation sites is 1. The number of H-pyrrole nitrogens is 1. The number of aromatic amines is 1. The molecule has 5 nitrogen and oxygen atoms in total. The number of thioether (sulfide) groups is 1. The Morgan fingerprint density at radius 3 is 2.54 bits per heavy atom. The van der Waals surface area contributed by atoms with E-state index < -0.39 is 0 Å². The first-order valence-electron chi connectivity index (χ1n) is 8.34. The van der Waals surface area contributed by atoms with Crippen molar-refractivity contribution in [2.45, 2.75) is 24.8 Å². The molecule has 26 heavy (non-hydrogen) atoms. The third-order valence-electron chi connectivity index (χ3n) is 4.43. The van der Waals surface area contributed by atoms with Crippen LogP contribution in [0.5, 0.6) is 0 Å². The Bertz CT molecular complexity index is 1150. The van der Waals surface area contributed by atoms with Gasteiger partial charge in [-0.2, -0.15) is 5.10 Å². The van der Waals surface area contributed by atoms with Crippen LogP contribution in [0.3, 0.4) is 0 Å². The lowest BCUT2D eigenvalue weighted by Gasteiger charge is -2.14. The van der Waals surface area contributed by atoms with E-state index in [0.29, 0.717) is 16.2 Å². The Morgan fingerprint density at radius 1 is 1.04 bits per heavy atom. The maximum atomic E-state index is 13.1. The SMILES string of the molecule is Cc1ccccc1CSc1nc2[nH]ncc2c(=O)n1-c1ccccc1C. The average Bonchev–Trinajstić information content (AvgIpc) is 3.11. The maximum absolute atomic E-state index is 13.1. The molecule has 0 aliphatic heterocycles. The fraction of sp³-hybridized carbons (Fsp3) is 0.150. The quantitative estimate of drug-likeness (QED) is 0.440. The van der Waals surface area contributed by atoms with E-state index in [9.17, 15) is 4.79 Å². The van der Waals surface area contributed by atoms with Gasteiger partial charge in [0.2, 0.25) is 0 Å². The van der Waals surface area contributed by atoms with Gasteiger partial charge in [0, 0.05) is 5.75 Å². The number of hydrogen-bond donors (Lipinski definition) is 1. The number of aromatic nitrogens is 4. The number of hydrogen-bond acceptors (Lipinski definition) is 4. The van der Waals surface area contributed by atoms with Crippen molar-refractivity contribution in [2.75, 3.05) is 0 Å². The Hall–Kier alpha value is -2.86. The third-order valence-corrected chi connectivity index (χ3v) is 5.41. The van der Waals surface area contributed by atoms with E-state index in [1.165, 1.54) is 17.3 Å². The summed E-state index contributed by atoms with van der Waals surface area (Å²) in [6.07, 6.45) is 1.54. The zero-order chi connectivity index (χ0) is 18.1. The summed E-state index contributed by atoms with van der Waals surface area (Å²) in [5, 5.41) is 7.95. The Kier molecular flexibility index (Phi) is 4.34. The van der Waals surface area contributed by atoms with Crippen LogP contribution in [0.4, 0.5) is 0 Å². The van der Waals surface area contributed by atoms with Crippen LogP contribution in [0.15, 0.2) is 64.7 Å². The van der Waals surface area contributed by atoms with Crippen molar-refractivity contribution in [2.24, 2.45) is 0 Å². The Balaban J connectivity index is 1.85. The van der Waals surface area contributed by atoms with Crippen LogP contribution in [-0.2, 0) is 5.75 Å². The van der Waals surface area contributed by atoms with E-state index in [2.05, 4.69) is 34.2 Å².